The molecule has 3 aromatic heterocycles. The minimum absolute atomic E-state index is 0. The molecule has 11 rings (SSSR count). The van der Waals surface area contributed by atoms with Crippen LogP contribution in [0.25, 0.3) is 69.2 Å². The van der Waals surface area contributed by atoms with E-state index in [-0.39, 0.29) is 31.7 Å². The Hall–Kier alpha value is -5.37. The summed E-state index contributed by atoms with van der Waals surface area (Å²) in [6.45, 7) is 12.7. The van der Waals surface area contributed by atoms with Gasteiger partial charge in [0, 0.05) is 28.3 Å². The van der Waals surface area contributed by atoms with Crippen molar-refractivity contribution >= 4 is 98.7 Å². The van der Waals surface area contributed by atoms with Crippen molar-refractivity contribution < 1.29 is 22.8 Å². The number of fused-ring (bicyclic) bond motifs is 10. The van der Waals surface area contributed by atoms with E-state index in [4.69, 9.17) is 13.0 Å². The molecular formula is C59H55GeIrN4S. The van der Waals surface area contributed by atoms with Crippen molar-refractivity contribution in [1.29, 1.82) is 0 Å². The maximum atomic E-state index is 8.76. The summed E-state index contributed by atoms with van der Waals surface area (Å²) in [6, 6.07) is 55.9. The van der Waals surface area contributed by atoms with Gasteiger partial charge in [-0.1, -0.05) is 104 Å². The molecule has 0 saturated carbocycles. The smallest absolute Gasteiger partial charge is 3.00 e. The SMILES string of the molecule is CC(C)(C)c1ccc(N2c3ccc4c(ccc5ccccc54)c3[N-]C2c2[c-]ccc3c2sc2ncc4ccccc4c23)cc1.[2H]C([2H])(c1cc(-c2[c-]cccc2)nc[c]1[Ge]([CH3])([CH3])[CH3])C(C)(C)C.[Ir+3]. The number of nitrogens with zero attached hydrogens (tertiary/aromatic N) is 4. The van der Waals surface area contributed by atoms with Gasteiger partial charge in [0.15, 0.2) is 0 Å². The first kappa shape index (κ1) is 43.2. The molecule has 1 unspecified atom stereocenters. The fourth-order valence-corrected chi connectivity index (χ4v) is 13.2. The van der Waals surface area contributed by atoms with Crippen molar-refractivity contribution in [2.24, 2.45) is 5.41 Å². The van der Waals surface area contributed by atoms with E-state index >= 15 is 0 Å². The molecule has 1 aliphatic rings. The third-order valence-corrected chi connectivity index (χ3v) is 17.7. The average Bonchev–Trinajstić information content (AvgIpc) is 3.90. The largest absolute Gasteiger partial charge is 3.00 e. The first-order valence-corrected chi connectivity index (χ1v) is 30.7. The second kappa shape index (κ2) is 17.7. The normalized spacial score (nSPS) is 14.7. The molecule has 7 heteroatoms. The van der Waals surface area contributed by atoms with Crippen LogP contribution >= 0.6 is 11.3 Å². The molecule has 0 N–H and O–H groups in total. The molecule has 0 saturated heterocycles. The summed E-state index contributed by atoms with van der Waals surface area (Å²) >= 11 is -0.493. The van der Waals surface area contributed by atoms with E-state index in [1.807, 2.05) is 63.5 Å². The Balaban J connectivity index is 0.000000205. The monoisotopic (exact) mass is 1120 g/mol. The molecule has 330 valence electrons. The van der Waals surface area contributed by atoms with E-state index < -0.39 is 25.1 Å². The summed E-state index contributed by atoms with van der Waals surface area (Å²) in [6.07, 6.45) is 2.24. The molecule has 0 spiro atoms. The topological polar surface area (TPSA) is 43.1 Å². The second-order valence-corrected chi connectivity index (χ2v) is 31.8. The Morgan fingerprint density at radius 2 is 1.41 bits per heavy atom. The summed E-state index contributed by atoms with van der Waals surface area (Å²) in [4.78, 5) is 13.0. The van der Waals surface area contributed by atoms with E-state index in [0.717, 1.165) is 54.1 Å². The van der Waals surface area contributed by atoms with Gasteiger partial charge < -0.3 is 10.2 Å². The Morgan fingerprint density at radius 3 is 2.12 bits per heavy atom. The van der Waals surface area contributed by atoms with Gasteiger partial charge in [0.05, 0.1) is 0 Å². The maximum absolute atomic E-state index is 8.76. The molecule has 4 heterocycles. The van der Waals surface area contributed by atoms with Crippen LogP contribution in [-0.2, 0) is 31.9 Å². The minimum Gasteiger partial charge on any atom is 3.00 e. The van der Waals surface area contributed by atoms with Crippen LogP contribution in [0, 0.1) is 17.5 Å². The van der Waals surface area contributed by atoms with Crippen molar-refractivity contribution in [3.63, 3.8) is 0 Å². The van der Waals surface area contributed by atoms with Crippen molar-refractivity contribution in [1.82, 2.24) is 9.97 Å². The summed E-state index contributed by atoms with van der Waals surface area (Å²) in [5.74, 6) is 6.86. The summed E-state index contributed by atoms with van der Waals surface area (Å²) < 4.78 is 19.9. The first-order valence-electron chi connectivity index (χ1n) is 23.5. The number of rotatable bonds is 5. The third kappa shape index (κ3) is 8.70. The van der Waals surface area contributed by atoms with Crippen molar-refractivity contribution in [3.05, 3.63) is 186 Å². The van der Waals surface area contributed by atoms with Gasteiger partial charge in [-0.25, -0.2) is 4.98 Å². The molecule has 1 aliphatic heterocycles. The zero-order valence-electron chi connectivity index (χ0n) is 41.0. The first-order chi connectivity index (χ1) is 31.9. The van der Waals surface area contributed by atoms with Gasteiger partial charge in [-0.15, -0.1) is 16.6 Å². The maximum Gasteiger partial charge on any atom is 3.00 e. The molecule has 66 heavy (non-hydrogen) atoms. The van der Waals surface area contributed by atoms with Gasteiger partial charge in [-0.2, -0.15) is 29.5 Å². The number of hydrogen-bond donors (Lipinski definition) is 0. The van der Waals surface area contributed by atoms with Crippen LogP contribution in [0.4, 0.5) is 17.1 Å². The summed E-state index contributed by atoms with van der Waals surface area (Å²) in [7, 11) is 0. The molecule has 1 atom stereocenters. The Labute approximate surface area is 413 Å². The van der Waals surface area contributed by atoms with E-state index in [1.54, 1.807) is 11.3 Å². The fraction of sp³-hybridized carbons (Fsp3) is 0.220. The predicted molar refractivity (Wildman–Crippen MR) is 283 cm³/mol. The number of hydrogen-bond acceptors (Lipinski definition) is 4. The molecule has 7 aromatic carbocycles. The molecule has 10 aromatic rings. The summed E-state index contributed by atoms with van der Waals surface area (Å²) in [5, 5.41) is 15.3. The Bertz CT molecular complexity index is 3500. The van der Waals surface area contributed by atoms with Gasteiger partial charge in [-0.3, -0.25) is 0 Å². The zero-order chi connectivity index (χ0) is 47.0. The molecule has 0 amide bonds. The van der Waals surface area contributed by atoms with E-state index in [0.29, 0.717) is 0 Å². The number of aromatic nitrogens is 2. The number of anilines is 2. The third-order valence-electron chi connectivity index (χ3n) is 12.3. The van der Waals surface area contributed by atoms with E-state index in [1.165, 1.54) is 48.0 Å². The molecule has 0 bridgehead atoms. The van der Waals surface area contributed by atoms with Crippen molar-refractivity contribution in [3.8, 4) is 11.3 Å². The van der Waals surface area contributed by atoms with Crippen LogP contribution in [0.2, 0.25) is 17.3 Å². The number of pyridine rings is 2. The van der Waals surface area contributed by atoms with Crippen LogP contribution in [-0.4, -0.2) is 23.2 Å². The van der Waals surface area contributed by atoms with Crippen molar-refractivity contribution in [2.75, 3.05) is 4.90 Å². The fourth-order valence-electron chi connectivity index (χ4n) is 9.14. The van der Waals surface area contributed by atoms with Crippen LogP contribution in [0.5, 0.6) is 0 Å². The molecule has 0 fully saturated rings. The predicted octanol–water partition coefficient (Wildman–Crippen LogP) is 16.5. The average molecular weight is 1120 g/mol. The number of benzene rings is 7. The minimum atomic E-state index is -2.24. The molecule has 0 aliphatic carbocycles. The molecule has 0 radical (unpaired) electrons. The van der Waals surface area contributed by atoms with E-state index in [9.17, 15) is 0 Å². The standard InChI is InChI=1S/C40H29N3S.C19H26GeN.Ir/c1-40(2,3)26-16-18-27(19-17-26)43-34-22-21-30-28-11-6-4-9-24(28)15-20-31(30)36(34)42-38(43)33-14-8-13-32-35-29-12-7-5-10-25(29)23-41-39(35)44-37(32)33;1-19(2,3)13-16-12-18(15-10-8-7-9-11-15)21-14-17(16)20(4,5)6;/h4-13,15-23,38H,1-3H3;7-10,12,14H,13H2,1-6H3;/q-2;-1;+3/i;13D2;. The van der Waals surface area contributed by atoms with Gasteiger partial charge >= 0.3 is 155 Å². The summed E-state index contributed by atoms with van der Waals surface area (Å²) in [5.41, 5.74) is 7.79. The Kier molecular flexibility index (Phi) is 11.6. The Morgan fingerprint density at radius 1 is 0.697 bits per heavy atom. The molecular weight excluding hydrogens is 1060 g/mol. The van der Waals surface area contributed by atoms with E-state index in [2.05, 4.69) is 169 Å². The quantitative estimate of drug-likeness (QED) is 0.0980. The zero-order valence-corrected chi connectivity index (χ0v) is 44.4. The van der Waals surface area contributed by atoms with Crippen LogP contribution in [0.1, 0.15) is 67.1 Å². The van der Waals surface area contributed by atoms with Gasteiger partial charge in [0.2, 0.25) is 0 Å². The van der Waals surface area contributed by atoms with Gasteiger partial charge in [-0.05, 0) is 62.3 Å². The van der Waals surface area contributed by atoms with Crippen LogP contribution in [0.3, 0.4) is 0 Å². The van der Waals surface area contributed by atoms with Crippen LogP contribution in [0.15, 0.2) is 152 Å². The van der Waals surface area contributed by atoms with Gasteiger partial charge in [0.1, 0.15) is 4.83 Å². The van der Waals surface area contributed by atoms with Gasteiger partial charge in [0.25, 0.3) is 0 Å². The van der Waals surface area contributed by atoms with Crippen molar-refractivity contribution in [2.45, 2.75) is 76.8 Å². The molecule has 4 nitrogen and oxygen atoms in total. The second-order valence-electron chi connectivity index (χ2n) is 20.3. The van der Waals surface area contributed by atoms with Crippen LogP contribution < -0.4 is 9.30 Å². The number of thiophene rings is 1.